The molecular formula is C13H14N2O4S. The number of rotatable bonds is 5. The molecule has 0 spiro atoms. The van der Waals surface area contributed by atoms with E-state index >= 15 is 0 Å². The molecule has 1 aromatic rings. The predicted molar refractivity (Wildman–Crippen MR) is 74.4 cm³/mol. The van der Waals surface area contributed by atoms with E-state index in [0.717, 1.165) is 17.3 Å². The lowest BCUT2D eigenvalue weighted by atomic mass is 10.0. The number of thioether (sulfide) groups is 1. The van der Waals surface area contributed by atoms with E-state index in [4.69, 9.17) is 5.11 Å². The molecule has 2 amide bonds. The van der Waals surface area contributed by atoms with E-state index < -0.39 is 12.0 Å². The molecule has 1 saturated heterocycles. The van der Waals surface area contributed by atoms with Gasteiger partial charge in [0.15, 0.2) is 0 Å². The summed E-state index contributed by atoms with van der Waals surface area (Å²) in [5.41, 5.74) is 1.44. The normalized spacial score (nSPS) is 17.6. The zero-order valence-electron chi connectivity index (χ0n) is 10.6. The van der Waals surface area contributed by atoms with Crippen LogP contribution in [0.1, 0.15) is 11.1 Å². The van der Waals surface area contributed by atoms with E-state index in [1.165, 1.54) is 0 Å². The average molecular weight is 294 g/mol. The van der Waals surface area contributed by atoms with Crippen molar-refractivity contribution in [2.45, 2.75) is 19.0 Å². The summed E-state index contributed by atoms with van der Waals surface area (Å²) in [6, 6.07) is 6.54. The minimum Gasteiger partial charge on any atom is -0.481 e. The third kappa shape index (κ3) is 3.74. The van der Waals surface area contributed by atoms with Gasteiger partial charge in [0.1, 0.15) is 6.04 Å². The van der Waals surface area contributed by atoms with Crippen molar-refractivity contribution in [2.75, 3.05) is 5.75 Å². The lowest BCUT2D eigenvalue weighted by molar-refractivity contribution is -0.136. The lowest BCUT2D eigenvalue weighted by Crippen LogP contribution is -2.42. The van der Waals surface area contributed by atoms with Crippen LogP contribution in [0.4, 0.5) is 4.79 Å². The molecule has 1 aliphatic rings. The van der Waals surface area contributed by atoms with Crippen molar-refractivity contribution >= 4 is 28.9 Å². The van der Waals surface area contributed by atoms with Gasteiger partial charge in [-0.15, -0.1) is 0 Å². The van der Waals surface area contributed by atoms with Gasteiger partial charge in [-0.2, -0.15) is 0 Å². The maximum absolute atomic E-state index is 11.8. The SMILES string of the molecule is O=C(O)Cc1ccccc1CNC(=O)C1CSC(=O)N1. The second-order valence-corrected chi connectivity index (χ2v) is 5.35. The number of nitrogens with one attached hydrogen (secondary N) is 2. The van der Waals surface area contributed by atoms with Crippen LogP contribution in [0, 0.1) is 0 Å². The third-order valence-electron chi connectivity index (χ3n) is 2.90. The molecule has 106 valence electrons. The van der Waals surface area contributed by atoms with E-state index in [1.807, 2.05) is 0 Å². The van der Waals surface area contributed by atoms with Crippen molar-refractivity contribution in [3.8, 4) is 0 Å². The van der Waals surface area contributed by atoms with Gasteiger partial charge in [-0.3, -0.25) is 14.4 Å². The Hall–Kier alpha value is -2.02. The van der Waals surface area contributed by atoms with Crippen LogP contribution >= 0.6 is 11.8 Å². The van der Waals surface area contributed by atoms with Crippen molar-refractivity contribution in [2.24, 2.45) is 0 Å². The smallest absolute Gasteiger partial charge is 0.307 e. The largest absolute Gasteiger partial charge is 0.481 e. The van der Waals surface area contributed by atoms with Crippen LogP contribution in [0.25, 0.3) is 0 Å². The minimum atomic E-state index is -0.914. The van der Waals surface area contributed by atoms with Gasteiger partial charge in [0.25, 0.3) is 5.24 Å². The van der Waals surface area contributed by atoms with Crippen LogP contribution in [-0.4, -0.2) is 34.0 Å². The molecule has 7 heteroatoms. The summed E-state index contributed by atoms with van der Waals surface area (Å²) < 4.78 is 0. The molecular weight excluding hydrogens is 280 g/mol. The summed E-state index contributed by atoms with van der Waals surface area (Å²) in [6.45, 7) is 0.249. The number of amides is 2. The molecule has 1 aliphatic heterocycles. The number of carboxylic acids is 1. The van der Waals surface area contributed by atoms with E-state index in [-0.39, 0.29) is 24.1 Å². The fraction of sp³-hybridized carbons (Fsp3) is 0.308. The van der Waals surface area contributed by atoms with E-state index in [0.29, 0.717) is 11.3 Å². The molecule has 0 bridgehead atoms. The first-order valence-electron chi connectivity index (χ1n) is 6.06. The minimum absolute atomic E-state index is 0.0813. The lowest BCUT2D eigenvalue weighted by Gasteiger charge is -2.12. The van der Waals surface area contributed by atoms with Crippen molar-refractivity contribution in [1.82, 2.24) is 10.6 Å². The number of benzene rings is 1. The van der Waals surface area contributed by atoms with Gasteiger partial charge in [-0.05, 0) is 11.1 Å². The Morgan fingerprint density at radius 2 is 2.05 bits per heavy atom. The van der Waals surface area contributed by atoms with Crippen LogP contribution in [0.15, 0.2) is 24.3 Å². The van der Waals surface area contributed by atoms with E-state index in [9.17, 15) is 14.4 Å². The first kappa shape index (κ1) is 14.4. The molecule has 0 saturated carbocycles. The Bertz CT molecular complexity index is 547. The Kier molecular flexibility index (Phi) is 4.62. The Balaban J connectivity index is 1.95. The van der Waals surface area contributed by atoms with Crippen molar-refractivity contribution in [3.63, 3.8) is 0 Å². The zero-order valence-corrected chi connectivity index (χ0v) is 11.4. The maximum Gasteiger partial charge on any atom is 0.307 e. The molecule has 1 aromatic carbocycles. The first-order chi connectivity index (χ1) is 9.56. The second-order valence-electron chi connectivity index (χ2n) is 4.35. The maximum atomic E-state index is 11.8. The fourth-order valence-corrected chi connectivity index (χ4v) is 2.68. The molecule has 0 radical (unpaired) electrons. The number of carboxylic acid groups (broad SMARTS) is 1. The predicted octanol–water partition coefficient (Wildman–Crippen LogP) is 0.755. The topological polar surface area (TPSA) is 95.5 Å². The third-order valence-corrected chi connectivity index (χ3v) is 3.78. The molecule has 1 fully saturated rings. The highest BCUT2D eigenvalue weighted by Crippen LogP contribution is 2.14. The van der Waals surface area contributed by atoms with Crippen molar-refractivity contribution < 1.29 is 19.5 Å². The van der Waals surface area contributed by atoms with Crippen molar-refractivity contribution in [3.05, 3.63) is 35.4 Å². The number of aliphatic carboxylic acids is 1. The summed E-state index contributed by atoms with van der Waals surface area (Å²) in [5, 5.41) is 13.9. The number of carbonyl (C=O) groups excluding carboxylic acids is 2. The van der Waals surface area contributed by atoms with Crippen LogP contribution in [0.3, 0.4) is 0 Å². The molecule has 3 N–H and O–H groups in total. The van der Waals surface area contributed by atoms with Gasteiger partial charge < -0.3 is 15.7 Å². The molecule has 1 atom stereocenters. The number of carbonyl (C=O) groups is 3. The van der Waals surface area contributed by atoms with Crippen LogP contribution < -0.4 is 10.6 Å². The van der Waals surface area contributed by atoms with E-state index in [1.54, 1.807) is 24.3 Å². The molecule has 1 unspecified atom stereocenters. The molecule has 0 aliphatic carbocycles. The summed E-state index contributed by atoms with van der Waals surface area (Å²) in [6.07, 6.45) is -0.0813. The average Bonchev–Trinajstić information content (AvgIpc) is 2.83. The van der Waals surface area contributed by atoms with Crippen LogP contribution in [-0.2, 0) is 22.6 Å². The highest BCUT2D eigenvalue weighted by atomic mass is 32.2. The summed E-state index contributed by atoms with van der Waals surface area (Å²) in [4.78, 5) is 33.6. The van der Waals surface area contributed by atoms with Crippen LogP contribution in [0.5, 0.6) is 0 Å². The summed E-state index contributed by atoms with van der Waals surface area (Å²) >= 11 is 1.08. The molecule has 6 nitrogen and oxygen atoms in total. The fourth-order valence-electron chi connectivity index (χ4n) is 1.90. The molecule has 0 aromatic heterocycles. The van der Waals surface area contributed by atoms with E-state index in [2.05, 4.69) is 10.6 Å². The highest BCUT2D eigenvalue weighted by Gasteiger charge is 2.27. The van der Waals surface area contributed by atoms with Gasteiger partial charge in [0.2, 0.25) is 5.91 Å². The monoisotopic (exact) mass is 294 g/mol. The highest BCUT2D eigenvalue weighted by molar-refractivity contribution is 8.14. The van der Waals surface area contributed by atoms with Gasteiger partial charge in [0.05, 0.1) is 6.42 Å². The quantitative estimate of drug-likeness (QED) is 0.745. The zero-order chi connectivity index (χ0) is 14.5. The Labute approximate surface area is 119 Å². The molecule has 20 heavy (non-hydrogen) atoms. The van der Waals surface area contributed by atoms with Crippen LogP contribution in [0.2, 0.25) is 0 Å². The summed E-state index contributed by atoms with van der Waals surface area (Å²) in [7, 11) is 0. The second kappa shape index (κ2) is 6.42. The molecule has 1 heterocycles. The first-order valence-corrected chi connectivity index (χ1v) is 7.04. The molecule has 2 rings (SSSR count). The van der Waals surface area contributed by atoms with Gasteiger partial charge in [-0.25, -0.2) is 0 Å². The Morgan fingerprint density at radius 3 is 2.65 bits per heavy atom. The van der Waals surface area contributed by atoms with Gasteiger partial charge >= 0.3 is 5.97 Å². The van der Waals surface area contributed by atoms with Gasteiger partial charge in [-0.1, -0.05) is 36.0 Å². The number of hydrogen-bond acceptors (Lipinski definition) is 4. The summed E-state index contributed by atoms with van der Waals surface area (Å²) in [5.74, 6) is -0.752. The van der Waals surface area contributed by atoms with Gasteiger partial charge in [0, 0.05) is 12.3 Å². The number of hydrogen-bond donors (Lipinski definition) is 3. The Morgan fingerprint density at radius 1 is 1.35 bits per heavy atom. The van der Waals surface area contributed by atoms with Crippen molar-refractivity contribution in [1.29, 1.82) is 0 Å². The standard InChI is InChI=1S/C13H14N2O4S/c16-11(17)5-8-3-1-2-4-9(8)6-14-12(18)10-7-20-13(19)15-10/h1-4,10H,5-7H2,(H,14,18)(H,15,19)(H,16,17).